The number of sulfonamides is 1. The Morgan fingerprint density at radius 3 is 2.61 bits per heavy atom. The Bertz CT molecular complexity index is 519. The van der Waals surface area contributed by atoms with Crippen molar-refractivity contribution >= 4 is 26.0 Å². The normalized spacial score (nSPS) is 13.9. The molecule has 0 radical (unpaired) electrons. The average molecular weight is 340 g/mol. The fraction of sp³-hybridized carbons (Fsp3) is 0.455. The zero-order chi connectivity index (χ0) is 13.9. The van der Waals surface area contributed by atoms with Crippen molar-refractivity contribution in [2.75, 3.05) is 13.6 Å². The van der Waals surface area contributed by atoms with Crippen molar-refractivity contribution in [1.29, 1.82) is 0 Å². The van der Waals surface area contributed by atoms with E-state index in [4.69, 9.17) is 5.11 Å². The lowest BCUT2D eigenvalue weighted by Gasteiger charge is -2.18. The van der Waals surface area contributed by atoms with Gasteiger partial charge in [0.05, 0.1) is 6.10 Å². The van der Waals surface area contributed by atoms with Crippen LogP contribution in [0.25, 0.3) is 0 Å². The van der Waals surface area contributed by atoms with Crippen LogP contribution in [0.4, 0.5) is 4.39 Å². The number of rotatable bonds is 5. The van der Waals surface area contributed by atoms with E-state index in [0.29, 0.717) is 10.9 Å². The molecule has 1 aromatic rings. The van der Waals surface area contributed by atoms with Gasteiger partial charge in [-0.3, -0.25) is 0 Å². The molecule has 0 aliphatic carbocycles. The molecule has 0 bridgehead atoms. The molecule has 0 aliphatic heterocycles. The molecule has 0 heterocycles. The van der Waals surface area contributed by atoms with Crippen molar-refractivity contribution in [2.45, 2.75) is 24.3 Å². The molecule has 1 N–H and O–H groups in total. The number of hydrogen-bond acceptors (Lipinski definition) is 3. The fourth-order valence-electron chi connectivity index (χ4n) is 1.34. The van der Waals surface area contributed by atoms with Crippen LogP contribution in [0.2, 0.25) is 0 Å². The van der Waals surface area contributed by atoms with E-state index in [0.717, 1.165) is 10.4 Å². The van der Waals surface area contributed by atoms with Gasteiger partial charge in [0.1, 0.15) is 10.7 Å². The smallest absolute Gasteiger partial charge is 0.245 e. The van der Waals surface area contributed by atoms with Crippen LogP contribution < -0.4 is 0 Å². The first-order valence-corrected chi connectivity index (χ1v) is 7.58. The van der Waals surface area contributed by atoms with Crippen molar-refractivity contribution in [3.63, 3.8) is 0 Å². The summed E-state index contributed by atoms with van der Waals surface area (Å²) in [6.07, 6.45) is -0.300. The highest BCUT2D eigenvalue weighted by Gasteiger charge is 2.24. The molecule has 0 aliphatic rings. The molecule has 102 valence electrons. The summed E-state index contributed by atoms with van der Waals surface area (Å²) >= 11 is 3.07. The molecule has 0 spiro atoms. The van der Waals surface area contributed by atoms with Crippen LogP contribution in [-0.4, -0.2) is 37.5 Å². The monoisotopic (exact) mass is 339 g/mol. The van der Waals surface area contributed by atoms with E-state index < -0.39 is 21.9 Å². The minimum absolute atomic E-state index is 0.134. The van der Waals surface area contributed by atoms with Gasteiger partial charge in [0.15, 0.2) is 0 Å². The van der Waals surface area contributed by atoms with Crippen molar-refractivity contribution in [1.82, 2.24) is 4.31 Å². The SMILES string of the molecule is C[C@H](O)CCN(C)S(=O)(=O)c1ccc(Br)cc1F. The van der Waals surface area contributed by atoms with Crippen LogP contribution in [-0.2, 0) is 10.0 Å². The zero-order valence-corrected chi connectivity index (χ0v) is 12.5. The molecule has 1 atom stereocenters. The van der Waals surface area contributed by atoms with Crippen LogP contribution in [0.1, 0.15) is 13.3 Å². The van der Waals surface area contributed by atoms with E-state index in [-0.39, 0.29) is 11.4 Å². The van der Waals surface area contributed by atoms with Gasteiger partial charge in [0, 0.05) is 18.1 Å². The lowest BCUT2D eigenvalue weighted by molar-refractivity contribution is 0.177. The maximum Gasteiger partial charge on any atom is 0.245 e. The molecule has 1 rings (SSSR count). The standard InChI is InChI=1S/C11H15BrFNO3S/c1-8(15)5-6-14(2)18(16,17)11-4-3-9(12)7-10(11)13/h3-4,7-8,15H,5-6H2,1-2H3/t8-/m0/s1. The third-order valence-corrected chi connectivity index (χ3v) is 4.83. The van der Waals surface area contributed by atoms with Crippen molar-refractivity contribution in [3.8, 4) is 0 Å². The summed E-state index contributed by atoms with van der Waals surface area (Å²) in [5.41, 5.74) is 0. The van der Waals surface area contributed by atoms with Gasteiger partial charge < -0.3 is 5.11 Å². The Kier molecular flexibility index (Phi) is 5.27. The molecule has 0 aromatic heterocycles. The summed E-state index contributed by atoms with van der Waals surface area (Å²) in [7, 11) is -2.50. The second-order valence-corrected chi connectivity index (χ2v) is 6.97. The molecule has 0 fully saturated rings. The number of aliphatic hydroxyl groups excluding tert-OH is 1. The molecule has 1 aromatic carbocycles. The Morgan fingerprint density at radius 1 is 1.50 bits per heavy atom. The number of aliphatic hydroxyl groups is 1. The van der Waals surface area contributed by atoms with Gasteiger partial charge in [-0.2, -0.15) is 0 Å². The van der Waals surface area contributed by atoms with Gasteiger partial charge in [-0.05, 0) is 31.5 Å². The highest BCUT2D eigenvalue weighted by Crippen LogP contribution is 2.22. The van der Waals surface area contributed by atoms with Crippen LogP contribution in [0.3, 0.4) is 0 Å². The molecule has 0 amide bonds. The predicted molar refractivity (Wildman–Crippen MR) is 70.2 cm³/mol. The largest absolute Gasteiger partial charge is 0.393 e. The molecule has 0 saturated carbocycles. The number of nitrogens with zero attached hydrogens (tertiary/aromatic N) is 1. The quantitative estimate of drug-likeness (QED) is 0.892. The lowest BCUT2D eigenvalue weighted by atomic mass is 10.3. The lowest BCUT2D eigenvalue weighted by Crippen LogP contribution is -2.30. The molecule has 0 saturated heterocycles. The molecule has 18 heavy (non-hydrogen) atoms. The van der Waals surface area contributed by atoms with Crippen LogP contribution in [0.5, 0.6) is 0 Å². The molecular weight excluding hydrogens is 325 g/mol. The summed E-state index contributed by atoms with van der Waals surface area (Å²) in [5, 5.41) is 9.13. The van der Waals surface area contributed by atoms with Crippen molar-refractivity contribution in [2.24, 2.45) is 0 Å². The third kappa shape index (κ3) is 3.74. The second-order valence-electron chi connectivity index (χ2n) is 4.04. The first kappa shape index (κ1) is 15.6. The maximum absolute atomic E-state index is 13.6. The Balaban J connectivity index is 2.98. The van der Waals surface area contributed by atoms with Gasteiger partial charge >= 0.3 is 0 Å². The van der Waals surface area contributed by atoms with Gasteiger partial charge in [-0.15, -0.1) is 0 Å². The van der Waals surface area contributed by atoms with Gasteiger partial charge in [0.25, 0.3) is 0 Å². The summed E-state index contributed by atoms with van der Waals surface area (Å²) in [5.74, 6) is -0.798. The number of benzene rings is 1. The average Bonchev–Trinajstić information content (AvgIpc) is 2.24. The zero-order valence-electron chi connectivity index (χ0n) is 10.1. The second kappa shape index (κ2) is 6.10. The molecule has 7 heteroatoms. The first-order valence-electron chi connectivity index (χ1n) is 5.34. The van der Waals surface area contributed by atoms with E-state index in [1.807, 2.05) is 0 Å². The minimum atomic E-state index is -3.86. The summed E-state index contributed by atoms with van der Waals surface area (Å²) in [6, 6.07) is 3.79. The predicted octanol–water partition coefficient (Wildman–Crippen LogP) is 1.98. The van der Waals surface area contributed by atoms with Crippen LogP contribution in [0.15, 0.2) is 27.6 Å². The van der Waals surface area contributed by atoms with Crippen LogP contribution >= 0.6 is 15.9 Å². The van der Waals surface area contributed by atoms with Gasteiger partial charge in [-0.25, -0.2) is 17.1 Å². The summed E-state index contributed by atoms with van der Waals surface area (Å²) < 4.78 is 39.3. The van der Waals surface area contributed by atoms with E-state index >= 15 is 0 Å². The van der Waals surface area contributed by atoms with E-state index in [1.54, 1.807) is 6.92 Å². The Morgan fingerprint density at radius 2 is 2.11 bits per heavy atom. The fourth-order valence-corrected chi connectivity index (χ4v) is 2.90. The highest BCUT2D eigenvalue weighted by atomic mass is 79.9. The number of halogens is 2. The first-order chi connectivity index (χ1) is 8.25. The molecule has 4 nitrogen and oxygen atoms in total. The van der Waals surface area contributed by atoms with Crippen molar-refractivity contribution in [3.05, 3.63) is 28.5 Å². The minimum Gasteiger partial charge on any atom is -0.393 e. The van der Waals surface area contributed by atoms with Gasteiger partial charge in [0.2, 0.25) is 10.0 Å². The number of hydrogen-bond donors (Lipinski definition) is 1. The highest BCUT2D eigenvalue weighted by molar-refractivity contribution is 9.10. The van der Waals surface area contributed by atoms with E-state index in [2.05, 4.69) is 15.9 Å². The van der Waals surface area contributed by atoms with E-state index in [1.165, 1.54) is 19.2 Å². The van der Waals surface area contributed by atoms with Gasteiger partial charge in [-0.1, -0.05) is 15.9 Å². The molecule has 0 unspecified atom stereocenters. The Hall–Kier alpha value is -0.500. The summed E-state index contributed by atoms with van der Waals surface area (Å²) in [6.45, 7) is 1.70. The van der Waals surface area contributed by atoms with Crippen molar-refractivity contribution < 1.29 is 17.9 Å². The topological polar surface area (TPSA) is 57.6 Å². The molecular formula is C11H15BrFNO3S. The van der Waals surface area contributed by atoms with E-state index in [9.17, 15) is 12.8 Å². The third-order valence-electron chi connectivity index (χ3n) is 2.44. The maximum atomic E-state index is 13.6. The summed E-state index contributed by atoms with van der Waals surface area (Å²) in [4.78, 5) is -0.362. The Labute approximate surface area is 115 Å². The van der Waals surface area contributed by atoms with Crippen LogP contribution in [0, 0.1) is 5.82 Å².